The van der Waals surface area contributed by atoms with E-state index in [4.69, 9.17) is 4.74 Å². The molecule has 0 saturated carbocycles. The van der Waals surface area contributed by atoms with E-state index in [9.17, 15) is 5.11 Å². The molecule has 0 amide bonds. The van der Waals surface area contributed by atoms with Crippen LogP contribution in [0, 0.1) is 0 Å². The molecule has 1 N–H and O–H groups in total. The molecule has 0 spiro atoms. The van der Waals surface area contributed by atoms with Crippen LogP contribution in [-0.4, -0.2) is 48.5 Å². The van der Waals surface area contributed by atoms with Crippen LogP contribution in [0.4, 0.5) is 0 Å². The van der Waals surface area contributed by atoms with E-state index in [1.807, 2.05) is 25.1 Å². The summed E-state index contributed by atoms with van der Waals surface area (Å²) in [6.07, 6.45) is 3.87. The summed E-state index contributed by atoms with van der Waals surface area (Å²) in [5.41, 5.74) is 1.21. The first kappa shape index (κ1) is 13.3. The van der Waals surface area contributed by atoms with Crippen LogP contribution >= 0.6 is 0 Å². The lowest BCUT2D eigenvalue weighted by molar-refractivity contribution is -0.00237. The van der Waals surface area contributed by atoms with Gasteiger partial charge in [0.15, 0.2) is 0 Å². The zero-order chi connectivity index (χ0) is 12.8. The number of β-amino-alcohol motifs (C(OH)–C–C–N with tert-alkyl or cyclic N) is 1. The highest BCUT2D eigenvalue weighted by atomic mass is 16.5. The Morgan fingerprint density at radius 2 is 2.11 bits per heavy atom. The van der Waals surface area contributed by atoms with E-state index < -0.39 is 0 Å². The van der Waals surface area contributed by atoms with Crippen molar-refractivity contribution in [3.63, 3.8) is 0 Å². The molecular weight excluding hydrogens is 226 g/mol. The molecule has 1 saturated heterocycles. The fourth-order valence-corrected chi connectivity index (χ4v) is 2.26. The zero-order valence-corrected chi connectivity index (χ0v) is 10.8. The van der Waals surface area contributed by atoms with Crippen LogP contribution in [0.2, 0.25) is 0 Å². The van der Waals surface area contributed by atoms with Gasteiger partial charge in [0.2, 0.25) is 0 Å². The van der Waals surface area contributed by atoms with Crippen LogP contribution in [0.1, 0.15) is 12.5 Å². The first-order valence-electron chi connectivity index (χ1n) is 6.53. The lowest BCUT2D eigenvalue weighted by Gasteiger charge is -2.13. The van der Waals surface area contributed by atoms with Crippen molar-refractivity contribution in [2.24, 2.45) is 0 Å². The van der Waals surface area contributed by atoms with Crippen molar-refractivity contribution < 1.29 is 9.84 Å². The fourth-order valence-electron chi connectivity index (χ4n) is 2.26. The molecule has 18 heavy (non-hydrogen) atoms. The molecule has 0 aliphatic carbocycles. The number of nitrogens with zero attached hydrogens (tertiary/aromatic N) is 1. The third-order valence-corrected chi connectivity index (χ3v) is 3.17. The van der Waals surface area contributed by atoms with Crippen LogP contribution in [-0.2, 0) is 4.74 Å². The van der Waals surface area contributed by atoms with Gasteiger partial charge in [-0.25, -0.2) is 0 Å². The highest BCUT2D eigenvalue weighted by Crippen LogP contribution is 2.13. The maximum atomic E-state index is 9.82. The van der Waals surface area contributed by atoms with Gasteiger partial charge in [-0.05, 0) is 12.5 Å². The van der Waals surface area contributed by atoms with E-state index in [-0.39, 0.29) is 12.2 Å². The summed E-state index contributed by atoms with van der Waals surface area (Å²) in [5, 5.41) is 9.82. The topological polar surface area (TPSA) is 32.7 Å². The summed E-state index contributed by atoms with van der Waals surface area (Å²) in [5.74, 6) is 0. The zero-order valence-electron chi connectivity index (χ0n) is 10.8. The van der Waals surface area contributed by atoms with Crippen molar-refractivity contribution in [3.05, 3.63) is 42.0 Å². The van der Waals surface area contributed by atoms with Gasteiger partial charge in [-0.1, -0.05) is 42.5 Å². The summed E-state index contributed by atoms with van der Waals surface area (Å²) in [7, 11) is 0. The van der Waals surface area contributed by atoms with Crippen LogP contribution in [0.5, 0.6) is 0 Å². The molecule has 1 heterocycles. The molecule has 1 fully saturated rings. The standard InChI is InChI=1S/C15H21NO2/c1-2-18-15-12-16(11-14(15)17)10-6-9-13-7-4-3-5-8-13/h3-9,14-15,17H,2,10-12H2,1H3/b9-6+/t14-,15-/m1/s1. The van der Waals surface area contributed by atoms with E-state index in [0.29, 0.717) is 13.2 Å². The Kier molecular flexibility index (Phi) is 4.93. The van der Waals surface area contributed by atoms with Crippen LogP contribution in [0.15, 0.2) is 36.4 Å². The van der Waals surface area contributed by atoms with Crippen molar-refractivity contribution in [1.29, 1.82) is 0 Å². The quantitative estimate of drug-likeness (QED) is 0.861. The van der Waals surface area contributed by atoms with Gasteiger partial charge in [0.25, 0.3) is 0 Å². The number of likely N-dealkylation sites (tertiary alicyclic amines) is 1. The van der Waals surface area contributed by atoms with Crippen molar-refractivity contribution in [1.82, 2.24) is 4.90 Å². The Labute approximate surface area is 109 Å². The normalized spacial score (nSPS) is 25.0. The van der Waals surface area contributed by atoms with Crippen molar-refractivity contribution in [3.8, 4) is 0 Å². The molecule has 0 unspecified atom stereocenters. The van der Waals surface area contributed by atoms with E-state index >= 15 is 0 Å². The second-order valence-electron chi connectivity index (χ2n) is 4.59. The molecule has 0 aromatic heterocycles. The molecule has 98 valence electrons. The third kappa shape index (κ3) is 3.67. The number of hydrogen-bond acceptors (Lipinski definition) is 3. The summed E-state index contributed by atoms with van der Waals surface area (Å²) < 4.78 is 5.49. The molecule has 3 heteroatoms. The van der Waals surface area contributed by atoms with Crippen molar-refractivity contribution in [2.75, 3.05) is 26.2 Å². The number of aliphatic hydroxyl groups excluding tert-OH is 1. The third-order valence-electron chi connectivity index (χ3n) is 3.17. The minimum Gasteiger partial charge on any atom is -0.389 e. The lowest BCUT2D eigenvalue weighted by atomic mass is 10.2. The summed E-state index contributed by atoms with van der Waals surface area (Å²) >= 11 is 0. The molecule has 1 aliphatic heterocycles. The minimum atomic E-state index is -0.352. The van der Waals surface area contributed by atoms with Crippen molar-refractivity contribution in [2.45, 2.75) is 19.1 Å². The predicted octanol–water partition coefficient (Wildman–Crippen LogP) is 1.78. The number of ether oxygens (including phenoxy) is 1. The summed E-state index contributed by atoms with van der Waals surface area (Å²) in [6.45, 7) is 4.99. The van der Waals surface area contributed by atoms with Gasteiger partial charge >= 0.3 is 0 Å². The number of rotatable bonds is 5. The van der Waals surface area contributed by atoms with Gasteiger partial charge in [-0.15, -0.1) is 0 Å². The Morgan fingerprint density at radius 1 is 1.33 bits per heavy atom. The Hall–Kier alpha value is -1.16. The fraction of sp³-hybridized carbons (Fsp3) is 0.467. The highest BCUT2D eigenvalue weighted by Gasteiger charge is 2.30. The van der Waals surface area contributed by atoms with E-state index in [1.165, 1.54) is 5.56 Å². The Morgan fingerprint density at radius 3 is 2.83 bits per heavy atom. The van der Waals surface area contributed by atoms with E-state index in [2.05, 4.69) is 29.2 Å². The molecule has 1 aromatic carbocycles. The molecule has 0 bridgehead atoms. The largest absolute Gasteiger partial charge is 0.389 e. The van der Waals surface area contributed by atoms with Gasteiger partial charge in [0.05, 0.1) is 12.2 Å². The monoisotopic (exact) mass is 247 g/mol. The van der Waals surface area contributed by atoms with Crippen LogP contribution < -0.4 is 0 Å². The second-order valence-corrected chi connectivity index (χ2v) is 4.59. The lowest BCUT2D eigenvalue weighted by Crippen LogP contribution is -2.26. The molecule has 0 radical (unpaired) electrons. The second kappa shape index (κ2) is 6.69. The molecular formula is C15H21NO2. The summed E-state index contributed by atoms with van der Waals surface area (Å²) in [4.78, 5) is 2.21. The van der Waals surface area contributed by atoms with Gasteiger partial charge < -0.3 is 9.84 Å². The van der Waals surface area contributed by atoms with Gasteiger partial charge in [-0.3, -0.25) is 4.90 Å². The molecule has 2 rings (SSSR count). The Bertz CT molecular complexity index is 377. The first-order chi connectivity index (χ1) is 8.79. The van der Waals surface area contributed by atoms with E-state index in [1.54, 1.807) is 0 Å². The number of aliphatic hydroxyl groups is 1. The molecule has 2 atom stereocenters. The SMILES string of the molecule is CCO[C@@H]1CN(C/C=C/c2ccccc2)C[C@H]1O. The average molecular weight is 247 g/mol. The predicted molar refractivity (Wildman–Crippen MR) is 73.3 cm³/mol. The van der Waals surface area contributed by atoms with Crippen LogP contribution in [0.25, 0.3) is 6.08 Å². The number of hydrogen-bond donors (Lipinski definition) is 1. The number of benzene rings is 1. The molecule has 1 aromatic rings. The Balaban J connectivity index is 1.80. The average Bonchev–Trinajstić information content (AvgIpc) is 2.72. The summed E-state index contributed by atoms with van der Waals surface area (Å²) in [6, 6.07) is 10.2. The maximum Gasteiger partial charge on any atom is 0.0972 e. The first-order valence-corrected chi connectivity index (χ1v) is 6.53. The van der Waals surface area contributed by atoms with E-state index in [0.717, 1.165) is 13.1 Å². The highest BCUT2D eigenvalue weighted by molar-refractivity contribution is 5.48. The van der Waals surface area contributed by atoms with Crippen molar-refractivity contribution >= 4 is 6.08 Å². The maximum absolute atomic E-state index is 9.82. The molecule has 1 aliphatic rings. The van der Waals surface area contributed by atoms with Gasteiger partial charge in [0, 0.05) is 26.2 Å². The van der Waals surface area contributed by atoms with Gasteiger partial charge in [0.1, 0.15) is 0 Å². The molecule has 3 nitrogen and oxygen atoms in total. The smallest absolute Gasteiger partial charge is 0.0972 e. The van der Waals surface area contributed by atoms with Crippen LogP contribution in [0.3, 0.4) is 0 Å². The van der Waals surface area contributed by atoms with Gasteiger partial charge in [-0.2, -0.15) is 0 Å². The minimum absolute atomic E-state index is 0.0277.